The Hall–Kier alpha value is -1.10. The molecule has 5 heteroatoms. The van der Waals surface area contributed by atoms with Gasteiger partial charge in [0.1, 0.15) is 0 Å². The van der Waals surface area contributed by atoms with E-state index in [0.29, 0.717) is 25.0 Å². The van der Waals surface area contributed by atoms with Gasteiger partial charge in [-0.2, -0.15) is 0 Å². The fraction of sp³-hybridized carbons (Fsp3) is 0.650. The van der Waals surface area contributed by atoms with E-state index in [0.717, 1.165) is 30.5 Å². The summed E-state index contributed by atoms with van der Waals surface area (Å²) in [7, 11) is 0. The molecule has 0 radical (unpaired) electrons. The van der Waals surface area contributed by atoms with Crippen molar-refractivity contribution in [3.05, 3.63) is 29.8 Å². The van der Waals surface area contributed by atoms with Crippen LogP contribution in [0.5, 0.6) is 0 Å². The Morgan fingerprint density at radius 1 is 1.12 bits per heavy atom. The summed E-state index contributed by atoms with van der Waals surface area (Å²) in [5, 5.41) is 3.02. The number of ether oxygens (including phenoxy) is 1. The second kappa shape index (κ2) is 10.1. The number of halogens is 1. The largest absolute Gasteiger partial charge is 0.374 e. The fourth-order valence-electron chi connectivity index (χ4n) is 3.95. The highest BCUT2D eigenvalue weighted by molar-refractivity contribution is 5.91. The molecule has 2 fully saturated rings. The molecule has 3 N–H and O–H groups in total. The minimum atomic E-state index is 0. The van der Waals surface area contributed by atoms with Crippen molar-refractivity contribution >= 4 is 24.0 Å². The third-order valence-electron chi connectivity index (χ3n) is 5.41. The lowest BCUT2D eigenvalue weighted by molar-refractivity contribution is -0.117. The van der Waals surface area contributed by atoms with Crippen LogP contribution in [0.3, 0.4) is 0 Å². The first-order valence-corrected chi connectivity index (χ1v) is 9.46. The van der Waals surface area contributed by atoms with Gasteiger partial charge in [0.15, 0.2) is 0 Å². The minimum Gasteiger partial charge on any atom is -0.374 e. The number of benzene rings is 1. The quantitative estimate of drug-likeness (QED) is 0.783. The van der Waals surface area contributed by atoms with Crippen LogP contribution in [0.25, 0.3) is 0 Å². The molecular formula is C20H31ClN2O2. The van der Waals surface area contributed by atoms with Crippen LogP contribution in [0.4, 0.5) is 5.69 Å². The van der Waals surface area contributed by atoms with Gasteiger partial charge in [-0.3, -0.25) is 4.79 Å². The van der Waals surface area contributed by atoms with Gasteiger partial charge in [-0.05, 0) is 49.3 Å². The van der Waals surface area contributed by atoms with Crippen LogP contribution in [-0.4, -0.2) is 18.1 Å². The lowest BCUT2D eigenvalue weighted by Gasteiger charge is -2.22. The van der Waals surface area contributed by atoms with Crippen LogP contribution in [-0.2, 0) is 16.1 Å². The SMILES string of the molecule is Cl.N[C@@H]1CCC[C@H]1CC(=O)Nc1cccc(COC2CCCCC2)c1. The molecule has 2 saturated carbocycles. The zero-order valence-corrected chi connectivity index (χ0v) is 15.7. The van der Waals surface area contributed by atoms with E-state index in [2.05, 4.69) is 11.4 Å². The van der Waals surface area contributed by atoms with Crippen LogP contribution in [0, 0.1) is 5.92 Å². The van der Waals surface area contributed by atoms with Crippen molar-refractivity contribution in [2.45, 2.75) is 76.5 Å². The molecular weight excluding hydrogens is 336 g/mol. The van der Waals surface area contributed by atoms with Crippen LogP contribution in [0.1, 0.15) is 63.4 Å². The Balaban J connectivity index is 0.00000225. The molecule has 0 bridgehead atoms. The second-order valence-corrected chi connectivity index (χ2v) is 7.38. The molecule has 1 amide bonds. The van der Waals surface area contributed by atoms with E-state index in [1.165, 1.54) is 32.1 Å². The number of amides is 1. The minimum absolute atomic E-state index is 0. The van der Waals surface area contributed by atoms with Gasteiger partial charge >= 0.3 is 0 Å². The highest BCUT2D eigenvalue weighted by atomic mass is 35.5. The summed E-state index contributed by atoms with van der Waals surface area (Å²) in [6, 6.07) is 8.19. The third kappa shape index (κ3) is 6.28. The summed E-state index contributed by atoms with van der Waals surface area (Å²) in [5.41, 5.74) is 8.04. The number of hydrogen-bond donors (Lipinski definition) is 2. The first kappa shape index (κ1) is 20.2. The molecule has 1 aromatic carbocycles. The average Bonchev–Trinajstić information content (AvgIpc) is 2.99. The van der Waals surface area contributed by atoms with E-state index in [-0.39, 0.29) is 24.4 Å². The molecule has 0 spiro atoms. The smallest absolute Gasteiger partial charge is 0.224 e. The molecule has 4 nitrogen and oxygen atoms in total. The summed E-state index contributed by atoms with van der Waals surface area (Å²) in [6.07, 6.45) is 10.5. The topological polar surface area (TPSA) is 64.4 Å². The van der Waals surface area contributed by atoms with E-state index >= 15 is 0 Å². The van der Waals surface area contributed by atoms with E-state index in [1.54, 1.807) is 0 Å². The van der Waals surface area contributed by atoms with Crippen molar-refractivity contribution in [1.29, 1.82) is 0 Å². The van der Waals surface area contributed by atoms with Crippen LogP contribution < -0.4 is 11.1 Å². The fourth-order valence-corrected chi connectivity index (χ4v) is 3.95. The van der Waals surface area contributed by atoms with Gasteiger partial charge in [-0.15, -0.1) is 12.4 Å². The summed E-state index contributed by atoms with van der Waals surface area (Å²) >= 11 is 0. The Bertz CT molecular complexity index is 546. The number of nitrogens with one attached hydrogen (secondary N) is 1. The predicted octanol–water partition coefficient (Wildman–Crippen LogP) is 4.41. The highest BCUT2D eigenvalue weighted by Gasteiger charge is 2.26. The molecule has 25 heavy (non-hydrogen) atoms. The Morgan fingerprint density at radius 2 is 1.92 bits per heavy atom. The summed E-state index contributed by atoms with van der Waals surface area (Å²) in [4.78, 5) is 12.2. The number of anilines is 1. The van der Waals surface area contributed by atoms with Gasteiger partial charge in [0.05, 0.1) is 12.7 Å². The first-order chi connectivity index (χ1) is 11.7. The number of rotatable bonds is 6. The maximum Gasteiger partial charge on any atom is 0.224 e. The first-order valence-electron chi connectivity index (χ1n) is 9.46. The summed E-state index contributed by atoms with van der Waals surface area (Å²) in [5.74, 6) is 0.408. The van der Waals surface area contributed by atoms with Crippen molar-refractivity contribution in [2.24, 2.45) is 11.7 Å². The molecule has 0 saturated heterocycles. The molecule has 3 rings (SSSR count). The highest BCUT2D eigenvalue weighted by Crippen LogP contribution is 2.27. The van der Waals surface area contributed by atoms with Crippen molar-refractivity contribution in [1.82, 2.24) is 0 Å². The van der Waals surface area contributed by atoms with Gasteiger partial charge in [0, 0.05) is 18.2 Å². The Labute approximate surface area is 157 Å². The summed E-state index contributed by atoms with van der Waals surface area (Å²) in [6.45, 7) is 0.627. The molecule has 0 aliphatic heterocycles. The lowest BCUT2D eigenvalue weighted by Crippen LogP contribution is -2.28. The lowest BCUT2D eigenvalue weighted by atomic mass is 9.98. The number of carbonyl (C=O) groups is 1. The van der Waals surface area contributed by atoms with Crippen LogP contribution in [0.2, 0.25) is 0 Å². The van der Waals surface area contributed by atoms with Crippen molar-refractivity contribution in [2.75, 3.05) is 5.32 Å². The normalized spacial score (nSPS) is 23.9. The monoisotopic (exact) mass is 366 g/mol. The maximum atomic E-state index is 12.2. The van der Waals surface area contributed by atoms with Gasteiger partial charge < -0.3 is 15.8 Å². The standard InChI is InChI=1S/C20H30N2O2.ClH/c21-19-11-5-7-16(19)13-20(23)22-17-8-4-6-15(12-17)14-24-18-9-2-1-3-10-18;/h4,6,8,12,16,18-19H,1-3,5,7,9-11,13-14,21H2,(H,22,23);1H/t16-,19+;/m0./s1. The Kier molecular flexibility index (Phi) is 8.20. The molecule has 0 unspecified atom stereocenters. The number of carbonyl (C=O) groups excluding carboxylic acids is 1. The van der Waals surface area contributed by atoms with Gasteiger partial charge in [-0.25, -0.2) is 0 Å². The second-order valence-electron chi connectivity index (χ2n) is 7.38. The zero-order valence-electron chi connectivity index (χ0n) is 14.9. The van der Waals surface area contributed by atoms with E-state index in [4.69, 9.17) is 10.5 Å². The van der Waals surface area contributed by atoms with Crippen molar-refractivity contribution in [3.8, 4) is 0 Å². The summed E-state index contributed by atoms with van der Waals surface area (Å²) < 4.78 is 6.02. The predicted molar refractivity (Wildman–Crippen MR) is 104 cm³/mol. The van der Waals surface area contributed by atoms with E-state index in [1.807, 2.05) is 18.2 Å². The molecule has 2 aliphatic rings. The van der Waals surface area contributed by atoms with Gasteiger partial charge in [0.2, 0.25) is 5.91 Å². The number of nitrogens with two attached hydrogens (primary N) is 1. The van der Waals surface area contributed by atoms with E-state index in [9.17, 15) is 4.79 Å². The molecule has 0 heterocycles. The number of hydrogen-bond acceptors (Lipinski definition) is 3. The van der Waals surface area contributed by atoms with Gasteiger partial charge in [0.25, 0.3) is 0 Å². The van der Waals surface area contributed by atoms with Gasteiger partial charge in [-0.1, -0.05) is 37.8 Å². The van der Waals surface area contributed by atoms with Crippen molar-refractivity contribution in [3.63, 3.8) is 0 Å². The molecule has 1 aromatic rings. The molecule has 2 atom stereocenters. The van der Waals surface area contributed by atoms with Crippen LogP contribution >= 0.6 is 12.4 Å². The maximum absolute atomic E-state index is 12.2. The van der Waals surface area contributed by atoms with Crippen LogP contribution in [0.15, 0.2) is 24.3 Å². The third-order valence-corrected chi connectivity index (χ3v) is 5.41. The van der Waals surface area contributed by atoms with Crippen molar-refractivity contribution < 1.29 is 9.53 Å². The molecule has 2 aliphatic carbocycles. The van der Waals surface area contributed by atoms with E-state index < -0.39 is 0 Å². The Morgan fingerprint density at radius 3 is 2.64 bits per heavy atom. The zero-order chi connectivity index (χ0) is 16.8. The molecule has 140 valence electrons. The average molecular weight is 367 g/mol. The molecule has 0 aromatic heterocycles.